The van der Waals surface area contributed by atoms with Gasteiger partial charge < -0.3 is 10.1 Å². The van der Waals surface area contributed by atoms with Crippen molar-refractivity contribution in [2.24, 2.45) is 0 Å². The Morgan fingerprint density at radius 3 is 2.62 bits per heavy atom. The van der Waals surface area contributed by atoms with Crippen LogP contribution in [0.15, 0.2) is 54.6 Å². The van der Waals surface area contributed by atoms with Crippen molar-refractivity contribution >= 4 is 11.7 Å². The number of hydrogen-bond donors (Lipinski definition) is 1. The molecule has 0 radical (unpaired) electrons. The fourth-order valence-electron chi connectivity index (χ4n) is 3.21. The topological polar surface area (TPSA) is 41.6 Å². The number of benzene rings is 2. The number of esters is 1. The molecular formula is C20H24N2O2. The molecule has 1 unspecified atom stereocenters. The molecule has 1 N–H and O–H groups in total. The normalized spacial score (nSPS) is 18.1. The van der Waals surface area contributed by atoms with Crippen molar-refractivity contribution in [3.63, 3.8) is 0 Å². The van der Waals surface area contributed by atoms with E-state index in [1.165, 1.54) is 31.2 Å². The van der Waals surface area contributed by atoms with Crippen LogP contribution in [0.5, 0.6) is 0 Å². The minimum absolute atomic E-state index is 0.286. The van der Waals surface area contributed by atoms with E-state index in [1.54, 1.807) is 0 Å². The Bertz CT molecular complexity index is 655. The highest BCUT2D eigenvalue weighted by Gasteiger charge is 2.19. The van der Waals surface area contributed by atoms with Gasteiger partial charge in [-0.2, -0.15) is 0 Å². The number of ether oxygens (including phenoxy) is 1. The standard InChI is InChI=1S/C20H24N2O2/c1-24-20(23)17-11-9-16(10-12-17)14-22-13-5-8-19(15-22)21-18-6-3-2-4-7-18/h2-4,6-7,9-12,19,21H,5,8,13-15H2,1H3. The van der Waals surface area contributed by atoms with Gasteiger partial charge in [0, 0.05) is 24.8 Å². The van der Waals surface area contributed by atoms with E-state index in [2.05, 4.69) is 34.5 Å². The molecule has 126 valence electrons. The van der Waals surface area contributed by atoms with Gasteiger partial charge in [-0.05, 0) is 49.2 Å². The predicted molar refractivity (Wildman–Crippen MR) is 96.1 cm³/mol. The number of hydrogen-bond acceptors (Lipinski definition) is 4. The lowest BCUT2D eigenvalue weighted by molar-refractivity contribution is 0.0600. The van der Waals surface area contributed by atoms with Gasteiger partial charge >= 0.3 is 5.97 Å². The number of rotatable bonds is 5. The van der Waals surface area contributed by atoms with Gasteiger partial charge in [0.15, 0.2) is 0 Å². The molecule has 1 atom stereocenters. The van der Waals surface area contributed by atoms with E-state index < -0.39 is 0 Å². The van der Waals surface area contributed by atoms with Gasteiger partial charge in [-0.1, -0.05) is 30.3 Å². The third kappa shape index (κ3) is 4.36. The van der Waals surface area contributed by atoms with Crippen LogP contribution in [0.25, 0.3) is 0 Å². The molecule has 1 aliphatic rings. The first-order chi connectivity index (χ1) is 11.7. The molecule has 2 aromatic carbocycles. The van der Waals surface area contributed by atoms with Gasteiger partial charge in [-0.3, -0.25) is 4.90 Å². The zero-order valence-corrected chi connectivity index (χ0v) is 14.1. The summed E-state index contributed by atoms with van der Waals surface area (Å²) in [6, 6.07) is 18.6. The maximum atomic E-state index is 11.5. The zero-order chi connectivity index (χ0) is 16.8. The molecule has 1 aliphatic heterocycles. The van der Waals surface area contributed by atoms with Crippen molar-refractivity contribution in [3.05, 3.63) is 65.7 Å². The Labute approximate surface area is 143 Å². The third-order valence-electron chi connectivity index (χ3n) is 4.43. The van der Waals surface area contributed by atoms with Crippen LogP contribution in [0.3, 0.4) is 0 Å². The number of anilines is 1. The summed E-state index contributed by atoms with van der Waals surface area (Å²) in [5.41, 5.74) is 3.01. The lowest BCUT2D eigenvalue weighted by Crippen LogP contribution is -2.41. The highest BCUT2D eigenvalue weighted by atomic mass is 16.5. The summed E-state index contributed by atoms with van der Waals surface area (Å²) in [6.07, 6.45) is 2.40. The molecule has 0 saturated carbocycles. The van der Waals surface area contributed by atoms with E-state index in [0.29, 0.717) is 11.6 Å². The first-order valence-corrected chi connectivity index (χ1v) is 8.46. The van der Waals surface area contributed by atoms with Crippen LogP contribution in [-0.2, 0) is 11.3 Å². The molecule has 0 amide bonds. The third-order valence-corrected chi connectivity index (χ3v) is 4.43. The van der Waals surface area contributed by atoms with E-state index in [0.717, 1.165) is 19.6 Å². The fraction of sp³-hybridized carbons (Fsp3) is 0.350. The number of para-hydroxylation sites is 1. The van der Waals surface area contributed by atoms with Gasteiger partial charge in [0.2, 0.25) is 0 Å². The van der Waals surface area contributed by atoms with Crippen LogP contribution in [0, 0.1) is 0 Å². The smallest absolute Gasteiger partial charge is 0.337 e. The number of carbonyl (C=O) groups excluding carboxylic acids is 1. The molecular weight excluding hydrogens is 300 g/mol. The minimum Gasteiger partial charge on any atom is -0.465 e. The predicted octanol–water partition coefficient (Wildman–Crippen LogP) is 3.55. The second-order valence-electron chi connectivity index (χ2n) is 6.27. The molecule has 1 heterocycles. The molecule has 1 saturated heterocycles. The summed E-state index contributed by atoms with van der Waals surface area (Å²) < 4.78 is 4.74. The maximum absolute atomic E-state index is 11.5. The van der Waals surface area contributed by atoms with Crippen LogP contribution < -0.4 is 5.32 Å². The number of methoxy groups -OCH3 is 1. The molecule has 0 aliphatic carbocycles. The Morgan fingerprint density at radius 1 is 1.17 bits per heavy atom. The second kappa shape index (κ2) is 7.97. The molecule has 24 heavy (non-hydrogen) atoms. The molecule has 0 spiro atoms. The SMILES string of the molecule is COC(=O)c1ccc(CN2CCCC(Nc3ccccc3)C2)cc1. The Hall–Kier alpha value is -2.33. The first-order valence-electron chi connectivity index (χ1n) is 8.46. The number of carbonyl (C=O) groups is 1. The lowest BCUT2D eigenvalue weighted by Gasteiger charge is -2.33. The molecule has 3 rings (SSSR count). The quantitative estimate of drug-likeness (QED) is 0.854. The Morgan fingerprint density at radius 2 is 1.92 bits per heavy atom. The van der Waals surface area contributed by atoms with Gasteiger partial charge in [-0.15, -0.1) is 0 Å². The molecule has 1 fully saturated rings. The molecule has 4 nitrogen and oxygen atoms in total. The highest BCUT2D eigenvalue weighted by Crippen LogP contribution is 2.18. The van der Waals surface area contributed by atoms with Gasteiger partial charge in [0.25, 0.3) is 0 Å². The van der Waals surface area contributed by atoms with Crippen molar-refractivity contribution in [1.82, 2.24) is 4.90 Å². The van der Waals surface area contributed by atoms with Gasteiger partial charge in [0.1, 0.15) is 0 Å². The van der Waals surface area contributed by atoms with Crippen LogP contribution in [-0.4, -0.2) is 37.1 Å². The maximum Gasteiger partial charge on any atom is 0.337 e. The number of likely N-dealkylation sites (tertiary alicyclic amines) is 1. The van der Waals surface area contributed by atoms with E-state index in [1.807, 2.05) is 30.3 Å². The van der Waals surface area contributed by atoms with E-state index in [-0.39, 0.29) is 5.97 Å². The first kappa shape index (κ1) is 16.5. The summed E-state index contributed by atoms with van der Waals surface area (Å²) in [5.74, 6) is -0.286. The number of piperidine rings is 1. The number of nitrogens with zero attached hydrogens (tertiary/aromatic N) is 1. The minimum atomic E-state index is -0.286. The van der Waals surface area contributed by atoms with Crippen molar-refractivity contribution in [2.45, 2.75) is 25.4 Å². The van der Waals surface area contributed by atoms with Gasteiger partial charge in [-0.25, -0.2) is 4.79 Å². The summed E-state index contributed by atoms with van der Waals surface area (Å²) in [6.45, 7) is 3.06. The average Bonchev–Trinajstić information content (AvgIpc) is 2.63. The summed E-state index contributed by atoms with van der Waals surface area (Å²) in [5, 5.41) is 3.63. The zero-order valence-electron chi connectivity index (χ0n) is 14.1. The van der Waals surface area contributed by atoms with Gasteiger partial charge in [0.05, 0.1) is 12.7 Å². The van der Waals surface area contributed by atoms with Crippen LogP contribution in [0.4, 0.5) is 5.69 Å². The van der Waals surface area contributed by atoms with Crippen molar-refractivity contribution in [2.75, 3.05) is 25.5 Å². The lowest BCUT2D eigenvalue weighted by atomic mass is 10.0. The van der Waals surface area contributed by atoms with E-state index in [9.17, 15) is 4.79 Å². The van der Waals surface area contributed by atoms with Crippen LogP contribution >= 0.6 is 0 Å². The molecule has 2 aromatic rings. The molecule has 4 heteroatoms. The summed E-state index contributed by atoms with van der Waals surface area (Å²) in [4.78, 5) is 14.0. The van der Waals surface area contributed by atoms with Crippen molar-refractivity contribution in [3.8, 4) is 0 Å². The van der Waals surface area contributed by atoms with E-state index in [4.69, 9.17) is 4.74 Å². The van der Waals surface area contributed by atoms with Crippen LogP contribution in [0.2, 0.25) is 0 Å². The average molecular weight is 324 g/mol. The monoisotopic (exact) mass is 324 g/mol. The van der Waals surface area contributed by atoms with E-state index >= 15 is 0 Å². The van der Waals surface area contributed by atoms with Crippen molar-refractivity contribution in [1.29, 1.82) is 0 Å². The highest BCUT2D eigenvalue weighted by molar-refractivity contribution is 5.89. The summed E-state index contributed by atoms with van der Waals surface area (Å²) >= 11 is 0. The molecule has 0 bridgehead atoms. The number of nitrogens with one attached hydrogen (secondary N) is 1. The Balaban J connectivity index is 1.56. The van der Waals surface area contributed by atoms with Crippen molar-refractivity contribution < 1.29 is 9.53 Å². The largest absolute Gasteiger partial charge is 0.465 e. The summed E-state index contributed by atoms with van der Waals surface area (Å²) in [7, 11) is 1.41. The molecule has 0 aromatic heterocycles. The van der Waals surface area contributed by atoms with Crippen LogP contribution in [0.1, 0.15) is 28.8 Å². The second-order valence-corrected chi connectivity index (χ2v) is 6.27. The Kier molecular flexibility index (Phi) is 5.49. The fourth-order valence-corrected chi connectivity index (χ4v) is 3.21.